The van der Waals surface area contributed by atoms with E-state index >= 15 is 0 Å². The van der Waals surface area contributed by atoms with Crippen molar-refractivity contribution in [2.75, 3.05) is 27.7 Å². The van der Waals surface area contributed by atoms with Gasteiger partial charge in [0.1, 0.15) is 0 Å². The topological polar surface area (TPSA) is 78.5 Å². The second-order valence-electron chi connectivity index (χ2n) is 5.51. The number of carbonyl (C=O) groups excluding carboxylic acids is 1. The summed E-state index contributed by atoms with van der Waals surface area (Å²) in [5.74, 6) is -0.412. The molecule has 0 heterocycles. The molecule has 1 rings (SSSR count). The largest absolute Gasteiger partial charge is 0.354 e. The number of carbonyl (C=O) groups is 1. The van der Waals surface area contributed by atoms with Crippen molar-refractivity contribution >= 4 is 28.3 Å². The molecule has 0 spiro atoms. The fourth-order valence-electron chi connectivity index (χ4n) is 1.80. The molecular weight excluding hydrogens is 338 g/mol. The molecule has 0 radical (unpaired) electrons. The molecule has 0 fully saturated rings. The van der Waals surface area contributed by atoms with Crippen LogP contribution in [0.1, 0.15) is 25.3 Å². The zero-order chi connectivity index (χ0) is 16.9. The fourth-order valence-corrected chi connectivity index (χ4v) is 2.70. The number of sulfonamides is 1. The average molecular weight is 364 g/mol. The van der Waals surface area contributed by atoms with E-state index in [0.717, 1.165) is 9.87 Å². The third-order valence-electron chi connectivity index (χ3n) is 3.63. The minimum Gasteiger partial charge on any atom is -0.354 e. The van der Waals surface area contributed by atoms with Gasteiger partial charge in [0.15, 0.2) is 0 Å². The summed E-state index contributed by atoms with van der Waals surface area (Å²) in [4.78, 5) is 12.3. The molecule has 0 aliphatic heterocycles. The summed E-state index contributed by atoms with van der Waals surface area (Å²) in [7, 11) is 1.37. The van der Waals surface area contributed by atoms with Crippen LogP contribution in [-0.2, 0) is 14.8 Å². The Labute approximate surface area is 145 Å². The van der Waals surface area contributed by atoms with E-state index < -0.39 is 10.0 Å². The van der Waals surface area contributed by atoms with E-state index in [-0.39, 0.29) is 35.2 Å². The number of rotatable bonds is 7. The molecule has 1 amide bonds. The van der Waals surface area contributed by atoms with E-state index in [9.17, 15) is 13.2 Å². The SMILES string of the molecule is CNC(C)CNC(=O)C(C)c1ccc(S(=O)(=O)N(C)C)cc1.Cl. The van der Waals surface area contributed by atoms with Crippen molar-refractivity contribution in [2.24, 2.45) is 0 Å². The molecule has 0 saturated heterocycles. The Kier molecular flexibility index (Phi) is 8.76. The highest BCUT2D eigenvalue weighted by Crippen LogP contribution is 2.19. The lowest BCUT2D eigenvalue weighted by molar-refractivity contribution is -0.122. The quantitative estimate of drug-likeness (QED) is 0.762. The summed E-state index contributed by atoms with van der Waals surface area (Å²) in [5.41, 5.74) is 0.785. The number of likely N-dealkylation sites (N-methyl/N-ethyl adjacent to an activating group) is 1. The molecule has 132 valence electrons. The van der Waals surface area contributed by atoms with Crippen LogP contribution in [-0.4, -0.2) is 52.4 Å². The van der Waals surface area contributed by atoms with Gasteiger partial charge < -0.3 is 10.6 Å². The first-order chi connectivity index (χ1) is 10.2. The Morgan fingerprint density at radius 1 is 1.17 bits per heavy atom. The lowest BCUT2D eigenvalue weighted by Crippen LogP contribution is -2.38. The molecule has 0 aromatic heterocycles. The van der Waals surface area contributed by atoms with Crippen molar-refractivity contribution in [3.63, 3.8) is 0 Å². The highest BCUT2D eigenvalue weighted by molar-refractivity contribution is 7.89. The van der Waals surface area contributed by atoms with Crippen molar-refractivity contribution in [1.82, 2.24) is 14.9 Å². The number of halogens is 1. The summed E-state index contributed by atoms with van der Waals surface area (Å²) < 4.78 is 25.2. The summed E-state index contributed by atoms with van der Waals surface area (Å²) in [6, 6.07) is 6.63. The Morgan fingerprint density at radius 3 is 2.13 bits per heavy atom. The lowest BCUT2D eigenvalue weighted by Gasteiger charge is -2.16. The molecule has 0 bridgehead atoms. The van der Waals surface area contributed by atoms with Gasteiger partial charge in [-0.25, -0.2) is 12.7 Å². The monoisotopic (exact) mass is 363 g/mol. The molecule has 2 unspecified atom stereocenters. The number of amides is 1. The number of benzene rings is 1. The molecule has 23 heavy (non-hydrogen) atoms. The molecule has 0 aliphatic carbocycles. The van der Waals surface area contributed by atoms with Gasteiger partial charge in [0.05, 0.1) is 10.8 Å². The molecule has 0 aliphatic rings. The molecule has 2 N–H and O–H groups in total. The zero-order valence-electron chi connectivity index (χ0n) is 14.2. The molecule has 0 saturated carbocycles. The van der Waals surface area contributed by atoms with Crippen molar-refractivity contribution in [3.8, 4) is 0 Å². The van der Waals surface area contributed by atoms with E-state index in [1.807, 2.05) is 14.0 Å². The molecule has 6 nitrogen and oxygen atoms in total. The van der Waals surface area contributed by atoms with Crippen LogP contribution in [0.4, 0.5) is 0 Å². The number of hydrogen-bond acceptors (Lipinski definition) is 4. The van der Waals surface area contributed by atoms with Crippen molar-refractivity contribution in [3.05, 3.63) is 29.8 Å². The van der Waals surface area contributed by atoms with Crippen molar-refractivity contribution in [2.45, 2.75) is 30.7 Å². The third-order valence-corrected chi connectivity index (χ3v) is 5.46. The predicted octanol–water partition coefficient (Wildman–Crippen LogP) is 1.19. The Bertz CT molecular complexity index is 603. The van der Waals surface area contributed by atoms with Gasteiger partial charge in [0.2, 0.25) is 15.9 Å². The first-order valence-corrected chi connectivity index (χ1v) is 8.61. The number of nitrogens with zero attached hydrogens (tertiary/aromatic N) is 1. The van der Waals surface area contributed by atoms with E-state index in [1.54, 1.807) is 19.1 Å². The smallest absolute Gasteiger partial charge is 0.242 e. The van der Waals surface area contributed by atoms with Crippen LogP contribution in [0.2, 0.25) is 0 Å². The standard InChI is InChI=1S/C15H25N3O3S.ClH/c1-11(16-3)10-17-15(19)12(2)13-6-8-14(9-7-13)22(20,21)18(4)5;/h6-9,11-12,16H,10H2,1-5H3,(H,17,19);1H. The maximum Gasteiger partial charge on any atom is 0.242 e. The maximum atomic E-state index is 12.1. The Morgan fingerprint density at radius 2 is 1.70 bits per heavy atom. The van der Waals surface area contributed by atoms with Crippen LogP contribution in [0, 0.1) is 0 Å². The van der Waals surface area contributed by atoms with Gasteiger partial charge in [0, 0.05) is 26.7 Å². The lowest BCUT2D eigenvalue weighted by atomic mass is 10.0. The normalized spacial score (nSPS) is 14.0. The molecule has 1 aromatic carbocycles. The summed E-state index contributed by atoms with van der Waals surface area (Å²) in [6.45, 7) is 4.33. The second-order valence-corrected chi connectivity index (χ2v) is 7.66. The number of nitrogens with one attached hydrogen (secondary N) is 2. The van der Waals surface area contributed by atoms with Crippen molar-refractivity contribution in [1.29, 1.82) is 0 Å². The highest BCUT2D eigenvalue weighted by Gasteiger charge is 2.19. The zero-order valence-corrected chi connectivity index (χ0v) is 15.8. The van der Waals surface area contributed by atoms with Crippen LogP contribution in [0.3, 0.4) is 0 Å². The fraction of sp³-hybridized carbons (Fsp3) is 0.533. The minimum absolute atomic E-state index is 0. The van der Waals surface area contributed by atoms with Crippen LogP contribution >= 0.6 is 12.4 Å². The highest BCUT2D eigenvalue weighted by atomic mass is 35.5. The van der Waals surface area contributed by atoms with Crippen molar-refractivity contribution < 1.29 is 13.2 Å². The number of hydrogen-bond donors (Lipinski definition) is 2. The summed E-state index contributed by atoms with van der Waals surface area (Å²) in [5, 5.41) is 5.91. The average Bonchev–Trinajstić information content (AvgIpc) is 2.51. The van der Waals surface area contributed by atoms with Gasteiger partial charge in [-0.15, -0.1) is 12.4 Å². The van der Waals surface area contributed by atoms with Gasteiger partial charge in [0.25, 0.3) is 0 Å². The van der Waals surface area contributed by atoms with Gasteiger partial charge in [-0.3, -0.25) is 4.79 Å². The van der Waals surface area contributed by atoms with Gasteiger partial charge in [-0.2, -0.15) is 0 Å². The van der Waals surface area contributed by atoms with E-state index in [2.05, 4.69) is 10.6 Å². The van der Waals surface area contributed by atoms with Gasteiger partial charge in [-0.05, 0) is 38.6 Å². The van der Waals surface area contributed by atoms with Crippen LogP contribution in [0.5, 0.6) is 0 Å². The van der Waals surface area contributed by atoms with Crippen LogP contribution < -0.4 is 10.6 Å². The van der Waals surface area contributed by atoms with Gasteiger partial charge >= 0.3 is 0 Å². The van der Waals surface area contributed by atoms with E-state index in [4.69, 9.17) is 0 Å². The first-order valence-electron chi connectivity index (χ1n) is 7.17. The summed E-state index contributed by atoms with van der Waals surface area (Å²) >= 11 is 0. The Balaban J connectivity index is 0.00000484. The summed E-state index contributed by atoms with van der Waals surface area (Å²) in [6.07, 6.45) is 0. The molecule has 1 aromatic rings. The van der Waals surface area contributed by atoms with Gasteiger partial charge in [-0.1, -0.05) is 12.1 Å². The molecule has 2 atom stereocenters. The van der Waals surface area contributed by atoms with Crippen LogP contribution in [0.25, 0.3) is 0 Å². The first kappa shape index (κ1) is 21.9. The molecular formula is C15H26ClN3O3S. The van der Waals surface area contributed by atoms with Crippen LogP contribution in [0.15, 0.2) is 29.2 Å². The maximum absolute atomic E-state index is 12.1. The van der Waals surface area contributed by atoms with E-state index in [1.165, 1.54) is 26.2 Å². The third kappa shape index (κ3) is 5.76. The minimum atomic E-state index is -3.44. The second kappa shape index (κ2) is 9.22. The van der Waals surface area contributed by atoms with E-state index in [0.29, 0.717) is 6.54 Å². The predicted molar refractivity (Wildman–Crippen MR) is 94.5 cm³/mol. The molecule has 8 heteroatoms. The Hall–Kier alpha value is -1.15.